The summed E-state index contributed by atoms with van der Waals surface area (Å²) in [6.45, 7) is 1.54. The molecule has 0 aliphatic carbocycles. The average Bonchev–Trinajstić information content (AvgIpc) is 3.03. The van der Waals surface area contributed by atoms with Gasteiger partial charge in [-0.05, 0) is 43.3 Å². The highest BCUT2D eigenvalue weighted by molar-refractivity contribution is 6.34. The Balaban J connectivity index is 1.43. The minimum Gasteiger partial charge on any atom is -0.454 e. The van der Waals surface area contributed by atoms with Gasteiger partial charge in [0.25, 0.3) is 11.8 Å². The largest absolute Gasteiger partial charge is 0.454 e. The maximum atomic E-state index is 12.5. The van der Waals surface area contributed by atoms with E-state index in [1.807, 2.05) is 19.1 Å². The van der Waals surface area contributed by atoms with Gasteiger partial charge in [-0.3, -0.25) is 14.4 Å². The molecule has 3 aromatic carbocycles. The van der Waals surface area contributed by atoms with E-state index in [2.05, 4.69) is 0 Å². The predicted octanol–water partition coefficient (Wildman–Crippen LogP) is 3.84. The van der Waals surface area contributed by atoms with E-state index in [0.717, 1.165) is 10.5 Å². The van der Waals surface area contributed by atoms with E-state index < -0.39 is 17.8 Å². The summed E-state index contributed by atoms with van der Waals surface area (Å²) in [5, 5.41) is 0. The van der Waals surface area contributed by atoms with Gasteiger partial charge in [0.1, 0.15) is 0 Å². The number of carbonyl (C=O) groups excluding carboxylic acids is 4. The summed E-state index contributed by atoms with van der Waals surface area (Å²) >= 11 is 0. The first-order valence-corrected chi connectivity index (χ1v) is 9.30. The monoisotopic (exact) mass is 399 g/mol. The highest BCUT2D eigenvalue weighted by Gasteiger charge is 2.36. The maximum Gasteiger partial charge on any atom is 0.338 e. The number of benzene rings is 3. The van der Waals surface area contributed by atoms with E-state index in [1.54, 1.807) is 36.4 Å². The van der Waals surface area contributed by atoms with E-state index in [4.69, 9.17) is 4.74 Å². The molecule has 0 radical (unpaired) electrons. The zero-order valence-corrected chi connectivity index (χ0v) is 16.1. The van der Waals surface area contributed by atoms with Crippen molar-refractivity contribution >= 4 is 29.3 Å². The summed E-state index contributed by atoms with van der Waals surface area (Å²) in [6, 6.07) is 19.5. The molecule has 6 nitrogen and oxygen atoms in total. The molecule has 2 amide bonds. The lowest BCUT2D eigenvalue weighted by Crippen LogP contribution is -2.29. The lowest BCUT2D eigenvalue weighted by atomic mass is 10.1. The summed E-state index contributed by atoms with van der Waals surface area (Å²) in [5.74, 6) is -1.78. The first-order chi connectivity index (χ1) is 14.5. The third kappa shape index (κ3) is 3.51. The fourth-order valence-electron chi connectivity index (χ4n) is 3.21. The molecule has 4 rings (SSSR count). The number of ether oxygens (including phenoxy) is 1. The Morgan fingerprint density at radius 3 is 1.87 bits per heavy atom. The van der Waals surface area contributed by atoms with Crippen molar-refractivity contribution in [2.45, 2.75) is 6.92 Å². The highest BCUT2D eigenvalue weighted by atomic mass is 16.5. The van der Waals surface area contributed by atoms with Crippen LogP contribution in [0.15, 0.2) is 72.8 Å². The van der Waals surface area contributed by atoms with Crippen LogP contribution in [-0.4, -0.2) is 30.2 Å². The molecule has 0 aromatic heterocycles. The van der Waals surface area contributed by atoms with Gasteiger partial charge in [0, 0.05) is 5.56 Å². The smallest absolute Gasteiger partial charge is 0.338 e. The molecule has 1 heterocycles. The molecule has 0 saturated heterocycles. The van der Waals surface area contributed by atoms with Crippen molar-refractivity contribution in [2.24, 2.45) is 0 Å². The number of esters is 1. The van der Waals surface area contributed by atoms with Gasteiger partial charge in [-0.1, -0.05) is 42.0 Å². The Bertz CT molecular complexity index is 1130. The molecular weight excluding hydrogens is 382 g/mol. The first kappa shape index (κ1) is 19.3. The SMILES string of the molecule is Cc1ccc(C(=O)COC(=O)c2ccc(N3C(=O)c4ccccc4C3=O)cc2)cc1. The van der Waals surface area contributed by atoms with Crippen molar-refractivity contribution in [2.75, 3.05) is 11.5 Å². The van der Waals surface area contributed by atoms with Crippen LogP contribution in [0.2, 0.25) is 0 Å². The molecular formula is C24H17NO5. The predicted molar refractivity (Wildman–Crippen MR) is 110 cm³/mol. The summed E-state index contributed by atoms with van der Waals surface area (Å²) in [7, 11) is 0. The lowest BCUT2D eigenvalue weighted by Gasteiger charge is -2.14. The molecule has 0 saturated carbocycles. The standard InChI is InChI=1S/C24H17NO5/c1-15-6-8-16(9-7-15)21(26)14-30-24(29)17-10-12-18(13-11-17)25-22(27)19-4-2-3-5-20(19)23(25)28/h2-13H,14H2,1H3. The molecule has 6 heteroatoms. The Morgan fingerprint density at radius 2 is 1.30 bits per heavy atom. The van der Waals surface area contributed by atoms with Crippen LogP contribution in [0, 0.1) is 6.92 Å². The average molecular weight is 399 g/mol. The van der Waals surface area contributed by atoms with Gasteiger partial charge in [-0.25, -0.2) is 9.69 Å². The second-order valence-corrected chi connectivity index (χ2v) is 6.90. The van der Waals surface area contributed by atoms with E-state index >= 15 is 0 Å². The van der Waals surface area contributed by atoms with Crippen LogP contribution in [0.5, 0.6) is 0 Å². The second kappa shape index (κ2) is 7.75. The number of aryl methyl sites for hydroxylation is 1. The van der Waals surface area contributed by atoms with Crippen molar-refractivity contribution < 1.29 is 23.9 Å². The van der Waals surface area contributed by atoms with Crippen LogP contribution in [-0.2, 0) is 4.74 Å². The second-order valence-electron chi connectivity index (χ2n) is 6.90. The first-order valence-electron chi connectivity index (χ1n) is 9.30. The minimum atomic E-state index is -0.663. The summed E-state index contributed by atoms with van der Waals surface area (Å²) < 4.78 is 5.10. The van der Waals surface area contributed by atoms with Crippen LogP contribution in [0.1, 0.15) is 47.0 Å². The zero-order chi connectivity index (χ0) is 21.3. The number of nitrogens with zero attached hydrogens (tertiary/aromatic N) is 1. The number of ketones is 1. The Morgan fingerprint density at radius 1 is 0.767 bits per heavy atom. The number of amides is 2. The van der Waals surface area contributed by atoms with E-state index in [0.29, 0.717) is 22.4 Å². The van der Waals surface area contributed by atoms with E-state index in [9.17, 15) is 19.2 Å². The van der Waals surface area contributed by atoms with E-state index in [-0.39, 0.29) is 18.0 Å². The molecule has 0 spiro atoms. The number of rotatable bonds is 5. The topological polar surface area (TPSA) is 80.8 Å². The van der Waals surface area contributed by atoms with Gasteiger partial charge in [0.15, 0.2) is 12.4 Å². The van der Waals surface area contributed by atoms with Gasteiger partial charge in [-0.15, -0.1) is 0 Å². The number of hydrogen-bond acceptors (Lipinski definition) is 5. The summed E-state index contributed by atoms with van der Waals surface area (Å²) in [5.41, 5.74) is 2.76. The van der Waals surface area contributed by atoms with E-state index in [1.165, 1.54) is 24.3 Å². The van der Waals surface area contributed by atoms with Gasteiger partial charge in [-0.2, -0.15) is 0 Å². The molecule has 0 bridgehead atoms. The summed E-state index contributed by atoms with van der Waals surface area (Å²) in [6.07, 6.45) is 0. The molecule has 3 aromatic rings. The third-order valence-corrected chi connectivity index (χ3v) is 4.86. The number of carbonyl (C=O) groups is 4. The molecule has 1 aliphatic rings. The van der Waals surface area contributed by atoms with Crippen molar-refractivity contribution in [1.82, 2.24) is 0 Å². The number of fused-ring (bicyclic) bond motifs is 1. The number of anilines is 1. The fraction of sp³-hybridized carbons (Fsp3) is 0.0833. The quantitative estimate of drug-likeness (QED) is 0.370. The number of Topliss-reactive ketones (excluding diaryl/α,β-unsaturated/α-hetero) is 1. The maximum absolute atomic E-state index is 12.5. The molecule has 148 valence electrons. The Labute approximate surface area is 172 Å². The van der Waals surface area contributed by atoms with Gasteiger partial charge in [0.2, 0.25) is 0 Å². The minimum absolute atomic E-state index is 0.215. The summed E-state index contributed by atoms with van der Waals surface area (Å²) in [4.78, 5) is 50.5. The molecule has 0 atom stereocenters. The van der Waals surface area contributed by atoms with Crippen LogP contribution in [0.25, 0.3) is 0 Å². The van der Waals surface area contributed by atoms with Gasteiger partial charge < -0.3 is 4.74 Å². The Kier molecular flexibility index (Phi) is 4.98. The molecule has 1 aliphatic heterocycles. The third-order valence-electron chi connectivity index (χ3n) is 4.86. The van der Waals surface area contributed by atoms with Crippen molar-refractivity contribution in [3.05, 3.63) is 101 Å². The van der Waals surface area contributed by atoms with Crippen molar-refractivity contribution in [1.29, 1.82) is 0 Å². The Hall–Kier alpha value is -4.06. The molecule has 30 heavy (non-hydrogen) atoms. The van der Waals surface area contributed by atoms with Crippen LogP contribution in [0.3, 0.4) is 0 Å². The lowest BCUT2D eigenvalue weighted by molar-refractivity contribution is 0.0474. The van der Waals surface area contributed by atoms with Crippen molar-refractivity contribution in [3.63, 3.8) is 0 Å². The van der Waals surface area contributed by atoms with Crippen LogP contribution >= 0.6 is 0 Å². The van der Waals surface area contributed by atoms with Crippen molar-refractivity contribution in [3.8, 4) is 0 Å². The molecule has 0 fully saturated rings. The van der Waals surface area contributed by atoms with Crippen LogP contribution < -0.4 is 4.90 Å². The van der Waals surface area contributed by atoms with Crippen LogP contribution in [0.4, 0.5) is 5.69 Å². The van der Waals surface area contributed by atoms with Gasteiger partial charge >= 0.3 is 5.97 Å². The number of imide groups is 1. The number of hydrogen-bond donors (Lipinski definition) is 0. The molecule has 0 N–H and O–H groups in total. The normalized spacial score (nSPS) is 12.6. The highest BCUT2D eigenvalue weighted by Crippen LogP contribution is 2.28. The zero-order valence-electron chi connectivity index (χ0n) is 16.1. The fourth-order valence-corrected chi connectivity index (χ4v) is 3.21. The molecule has 0 unspecified atom stereocenters. The van der Waals surface area contributed by atoms with Gasteiger partial charge in [0.05, 0.1) is 22.4 Å².